The van der Waals surface area contributed by atoms with Crippen molar-refractivity contribution in [1.82, 2.24) is 0 Å². The van der Waals surface area contributed by atoms with Gasteiger partial charge >= 0.3 is 39.5 Å². The van der Waals surface area contributed by atoms with Gasteiger partial charge in [0.1, 0.15) is 19.3 Å². The molecule has 0 bridgehead atoms. The molecule has 0 aliphatic heterocycles. The van der Waals surface area contributed by atoms with Crippen LogP contribution in [0.4, 0.5) is 0 Å². The van der Waals surface area contributed by atoms with Gasteiger partial charge in [-0.2, -0.15) is 0 Å². The highest BCUT2D eigenvalue weighted by Crippen LogP contribution is 2.45. The summed E-state index contributed by atoms with van der Waals surface area (Å²) in [5.41, 5.74) is 0. The van der Waals surface area contributed by atoms with Gasteiger partial charge in [-0.05, 0) is 31.6 Å². The third-order valence-electron chi connectivity index (χ3n) is 16.8. The van der Waals surface area contributed by atoms with Crippen LogP contribution in [0.5, 0.6) is 0 Å². The minimum Gasteiger partial charge on any atom is -0.462 e. The molecule has 0 rings (SSSR count). The van der Waals surface area contributed by atoms with Gasteiger partial charge in [0.15, 0.2) is 12.2 Å². The van der Waals surface area contributed by atoms with Crippen LogP contribution in [0.25, 0.3) is 0 Å². The van der Waals surface area contributed by atoms with E-state index in [0.29, 0.717) is 25.7 Å². The van der Waals surface area contributed by atoms with Crippen LogP contribution in [0.1, 0.15) is 375 Å². The second kappa shape index (κ2) is 65.4. The zero-order chi connectivity index (χ0) is 67.0. The summed E-state index contributed by atoms with van der Waals surface area (Å²) in [5.74, 6) is -1.40. The van der Waals surface area contributed by atoms with Crippen molar-refractivity contribution < 1.29 is 80.2 Å². The zero-order valence-electron chi connectivity index (χ0n) is 59.0. The predicted octanol–water partition coefficient (Wildman–Crippen LogP) is 20.9. The number of unbranched alkanes of at least 4 members (excludes halogenated alkanes) is 44. The number of hydrogen-bond donors (Lipinski definition) is 3. The Morgan fingerprint density at radius 3 is 0.747 bits per heavy atom. The van der Waals surface area contributed by atoms with E-state index >= 15 is 0 Å². The molecule has 17 nitrogen and oxygen atoms in total. The number of phosphoric acid groups is 2. The smallest absolute Gasteiger partial charge is 0.462 e. The quantitative estimate of drug-likeness (QED) is 0.0222. The van der Waals surface area contributed by atoms with Crippen LogP contribution >= 0.6 is 15.6 Å². The normalized spacial score (nSPS) is 14.0. The molecule has 0 fully saturated rings. The third-order valence-corrected chi connectivity index (χ3v) is 18.7. The van der Waals surface area contributed by atoms with Gasteiger partial charge in [0.2, 0.25) is 0 Å². The molecule has 3 N–H and O–H groups in total. The van der Waals surface area contributed by atoms with Crippen LogP contribution < -0.4 is 0 Å². The Balaban J connectivity index is 5.12. The minimum atomic E-state index is -4.95. The van der Waals surface area contributed by atoms with Crippen molar-refractivity contribution in [1.29, 1.82) is 0 Å². The molecule has 0 aromatic carbocycles. The molecule has 2 unspecified atom stereocenters. The molecule has 0 aromatic heterocycles. The molecule has 0 aromatic rings. The molecule has 0 aliphatic rings. The van der Waals surface area contributed by atoms with Crippen molar-refractivity contribution in [3.8, 4) is 0 Å². The van der Waals surface area contributed by atoms with Crippen LogP contribution in [0, 0.1) is 5.92 Å². The lowest BCUT2D eigenvalue weighted by Gasteiger charge is -2.21. The topological polar surface area (TPSA) is 237 Å². The van der Waals surface area contributed by atoms with Crippen molar-refractivity contribution in [2.75, 3.05) is 39.6 Å². The molecule has 0 spiro atoms. The maximum atomic E-state index is 13.0. The highest BCUT2D eigenvalue weighted by atomic mass is 31.2. The Morgan fingerprint density at radius 1 is 0.297 bits per heavy atom. The first-order chi connectivity index (χ1) is 44.0. The summed E-state index contributed by atoms with van der Waals surface area (Å²) < 4.78 is 68.2. The SMILES string of the molecule is CCCCCCCCCCCCCCCCCCCCCCCCC(=O)O[C@H](COC(=O)CCCCCCCCCCC(C)C)COP(=O)(O)OC[C@@H](O)COP(=O)(O)OC[C@@H](COC(=O)CCCCCCCCCCC)OC(=O)CCCCCCCCCCC. The molecule has 0 heterocycles. The number of ether oxygens (including phenoxy) is 4. The fourth-order valence-electron chi connectivity index (χ4n) is 11.0. The second-order valence-corrected chi connectivity index (χ2v) is 29.4. The number of aliphatic hydroxyl groups excluding tert-OH is 1. The van der Waals surface area contributed by atoms with Crippen molar-refractivity contribution in [3.63, 3.8) is 0 Å². The van der Waals surface area contributed by atoms with Crippen LogP contribution in [0.3, 0.4) is 0 Å². The van der Waals surface area contributed by atoms with Crippen LogP contribution in [-0.2, 0) is 65.4 Å². The molecular weight excluding hydrogens is 1200 g/mol. The van der Waals surface area contributed by atoms with Gasteiger partial charge in [0.05, 0.1) is 26.4 Å². The number of phosphoric ester groups is 2. The van der Waals surface area contributed by atoms with Crippen LogP contribution in [0.15, 0.2) is 0 Å². The van der Waals surface area contributed by atoms with Crippen molar-refractivity contribution in [2.24, 2.45) is 5.92 Å². The second-order valence-electron chi connectivity index (χ2n) is 26.5. The summed E-state index contributed by atoms with van der Waals surface area (Å²) in [6, 6.07) is 0. The summed E-state index contributed by atoms with van der Waals surface area (Å²) in [7, 11) is -9.89. The van der Waals surface area contributed by atoms with E-state index in [4.69, 9.17) is 37.0 Å². The molecule has 0 saturated carbocycles. The molecular formula is C72H140O17P2. The largest absolute Gasteiger partial charge is 0.472 e. The Hall–Kier alpha value is -1.94. The summed E-state index contributed by atoms with van der Waals surface area (Å²) in [5, 5.41) is 10.6. The Labute approximate surface area is 556 Å². The zero-order valence-corrected chi connectivity index (χ0v) is 60.8. The van der Waals surface area contributed by atoms with Gasteiger partial charge in [-0.1, -0.05) is 324 Å². The molecule has 0 aliphatic carbocycles. The number of esters is 4. The Kier molecular flexibility index (Phi) is 64.0. The third kappa shape index (κ3) is 66.5. The monoisotopic (exact) mass is 1340 g/mol. The molecule has 19 heteroatoms. The van der Waals surface area contributed by atoms with Crippen LogP contribution in [0.2, 0.25) is 0 Å². The van der Waals surface area contributed by atoms with Gasteiger partial charge in [-0.15, -0.1) is 0 Å². The Morgan fingerprint density at radius 2 is 0.505 bits per heavy atom. The van der Waals surface area contributed by atoms with Gasteiger partial charge < -0.3 is 33.8 Å². The van der Waals surface area contributed by atoms with E-state index in [1.807, 2.05) is 0 Å². The summed E-state index contributed by atoms with van der Waals surface area (Å²) >= 11 is 0. The lowest BCUT2D eigenvalue weighted by molar-refractivity contribution is -0.161. The number of rotatable bonds is 72. The van der Waals surface area contributed by atoms with E-state index in [1.165, 1.54) is 199 Å². The first-order valence-corrected chi connectivity index (χ1v) is 40.6. The lowest BCUT2D eigenvalue weighted by Crippen LogP contribution is -2.30. The summed E-state index contributed by atoms with van der Waals surface area (Å²) in [6.45, 7) is 7.18. The first-order valence-electron chi connectivity index (χ1n) is 37.6. The average Bonchev–Trinajstić information content (AvgIpc) is 3.40. The van der Waals surface area contributed by atoms with E-state index in [0.717, 1.165) is 95.8 Å². The molecule has 91 heavy (non-hydrogen) atoms. The Bertz CT molecular complexity index is 1750. The van der Waals surface area contributed by atoms with E-state index < -0.39 is 97.5 Å². The number of hydrogen-bond acceptors (Lipinski definition) is 15. The van der Waals surface area contributed by atoms with Crippen molar-refractivity contribution in [2.45, 2.75) is 393 Å². The average molecular weight is 1340 g/mol. The summed E-state index contributed by atoms with van der Waals surface area (Å²) in [4.78, 5) is 72.4. The molecule has 0 saturated heterocycles. The fraction of sp³-hybridized carbons (Fsp3) is 0.944. The van der Waals surface area contributed by atoms with Crippen molar-refractivity contribution in [3.05, 3.63) is 0 Å². The predicted molar refractivity (Wildman–Crippen MR) is 368 cm³/mol. The molecule has 5 atom stereocenters. The number of carbonyl (C=O) groups excluding carboxylic acids is 4. The van der Waals surface area contributed by atoms with Crippen molar-refractivity contribution >= 4 is 39.5 Å². The number of carbonyl (C=O) groups is 4. The maximum Gasteiger partial charge on any atom is 0.472 e. The van der Waals surface area contributed by atoms with Crippen LogP contribution in [-0.4, -0.2) is 96.7 Å². The molecule has 0 amide bonds. The fourth-order valence-corrected chi connectivity index (χ4v) is 12.6. The van der Waals surface area contributed by atoms with E-state index in [9.17, 15) is 43.2 Å². The minimum absolute atomic E-state index is 0.106. The maximum absolute atomic E-state index is 13.0. The number of aliphatic hydroxyl groups is 1. The van der Waals surface area contributed by atoms with Gasteiger partial charge in [0, 0.05) is 25.7 Å². The first kappa shape index (κ1) is 89.1. The van der Waals surface area contributed by atoms with Gasteiger partial charge in [-0.25, -0.2) is 9.13 Å². The lowest BCUT2D eigenvalue weighted by atomic mass is 10.0. The van der Waals surface area contributed by atoms with E-state index in [-0.39, 0.29) is 25.7 Å². The van der Waals surface area contributed by atoms with Gasteiger partial charge in [-0.3, -0.25) is 37.3 Å². The summed E-state index contributed by atoms with van der Waals surface area (Å²) in [6.07, 6.45) is 53.0. The standard InChI is InChI=1S/C72H140O17P2/c1-6-9-12-15-18-21-22-23-24-25-26-27-28-29-30-31-32-33-36-43-48-53-58-72(77)89-68(62-83-70(75)56-51-46-41-38-37-39-44-49-54-65(4)5)64-87-91(80,81)85-60-66(73)59-84-90(78,79)86-63-67(88-71(76)57-52-47-42-35-20-17-14-11-8-3)61-82-69(74)55-50-45-40-34-19-16-13-10-7-2/h65-68,73H,6-64H2,1-5H3,(H,78,79)(H,80,81)/t66-,67+,68+/m0/s1. The highest BCUT2D eigenvalue weighted by Gasteiger charge is 2.30. The molecule has 540 valence electrons. The highest BCUT2D eigenvalue weighted by molar-refractivity contribution is 7.47. The molecule has 0 radical (unpaired) electrons. The van der Waals surface area contributed by atoms with Gasteiger partial charge in [0.25, 0.3) is 0 Å². The van der Waals surface area contributed by atoms with E-state index in [2.05, 4.69) is 34.6 Å². The van der Waals surface area contributed by atoms with E-state index in [1.54, 1.807) is 0 Å².